The number of aryl methyl sites for hydroxylation is 1. The molecular weight excluding hydrogens is 396 g/mol. The van der Waals surface area contributed by atoms with Gasteiger partial charge in [0.05, 0.1) is 6.54 Å². The average Bonchev–Trinajstić information content (AvgIpc) is 2.78. The van der Waals surface area contributed by atoms with E-state index < -0.39 is 0 Å². The minimum Gasteiger partial charge on any atom is -0.489 e. The molecule has 0 bridgehead atoms. The van der Waals surface area contributed by atoms with Gasteiger partial charge in [0.15, 0.2) is 0 Å². The maximum absolute atomic E-state index is 12.4. The van der Waals surface area contributed by atoms with Gasteiger partial charge in [0.2, 0.25) is 11.9 Å². The molecule has 1 aromatic carbocycles. The Morgan fingerprint density at radius 3 is 2.55 bits per heavy atom. The number of ether oxygens (including phenoxy) is 1. The van der Waals surface area contributed by atoms with Crippen LogP contribution in [0.1, 0.15) is 18.9 Å². The van der Waals surface area contributed by atoms with Crippen molar-refractivity contribution in [1.29, 1.82) is 0 Å². The summed E-state index contributed by atoms with van der Waals surface area (Å²) in [4.78, 5) is 36.8. The number of hydrogen-bond donors (Lipinski definition) is 2. The van der Waals surface area contributed by atoms with Crippen LogP contribution in [-0.4, -0.2) is 72.2 Å². The quantitative estimate of drug-likeness (QED) is 0.665. The number of nitrogens with zero attached hydrogens (tertiary/aromatic N) is 4. The van der Waals surface area contributed by atoms with Crippen molar-refractivity contribution in [2.24, 2.45) is 0 Å². The first-order chi connectivity index (χ1) is 15.0. The van der Waals surface area contributed by atoms with Crippen molar-refractivity contribution in [2.75, 3.05) is 44.2 Å². The third-order valence-corrected chi connectivity index (χ3v) is 4.97. The van der Waals surface area contributed by atoms with Crippen LogP contribution in [0.15, 0.2) is 42.7 Å². The first-order valence-corrected chi connectivity index (χ1v) is 10.6. The normalized spacial score (nSPS) is 14.6. The Morgan fingerprint density at radius 2 is 1.84 bits per heavy atom. The summed E-state index contributed by atoms with van der Waals surface area (Å²) in [6, 6.07) is 9.26. The number of hydrogen-bond acceptors (Lipinski definition) is 6. The molecule has 1 saturated heterocycles. The fourth-order valence-corrected chi connectivity index (χ4v) is 3.31. The molecule has 0 saturated carbocycles. The Balaban J connectivity index is 1.29. The Morgan fingerprint density at radius 1 is 1.10 bits per heavy atom. The van der Waals surface area contributed by atoms with E-state index in [1.54, 1.807) is 18.5 Å². The molecular formula is C22H30N6O3. The summed E-state index contributed by atoms with van der Waals surface area (Å²) in [7, 11) is 0. The minimum atomic E-state index is -0.307. The van der Waals surface area contributed by atoms with Gasteiger partial charge in [-0.1, -0.05) is 12.1 Å². The molecule has 9 heteroatoms. The molecule has 1 unspecified atom stereocenters. The molecule has 1 fully saturated rings. The maximum Gasteiger partial charge on any atom is 0.314 e. The zero-order chi connectivity index (χ0) is 22.1. The molecule has 1 aliphatic heterocycles. The zero-order valence-corrected chi connectivity index (χ0v) is 18.1. The van der Waals surface area contributed by atoms with E-state index in [1.807, 2.05) is 43.0 Å². The highest BCUT2D eigenvalue weighted by Crippen LogP contribution is 2.14. The van der Waals surface area contributed by atoms with Crippen LogP contribution in [-0.2, 0) is 4.79 Å². The summed E-state index contributed by atoms with van der Waals surface area (Å²) in [6.07, 6.45) is 3.53. The molecule has 3 amide bonds. The SMILES string of the molecule is Cc1cccc(OC(C)CNC(=O)NCCC(=O)N2CCN(c3ncccn3)CC2)c1. The van der Waals surface area contributed by atoms with Crippen LogP contribution in [0.4, 0.5) is 10.7 Å². The van der Waals surface area contributed by atoms with E-state index in [0.717, 1.165) is 11.3 Å². The van der Waals surface area contributed by atoms with E-state index in [9.17, 15) is 9.59 Å². The predicted octanol–water partition coefficient (Wildman–Crippen LogP) is 1.59. The summed E-state index contributed by atoms with van der Waals surface area (Å²) in [5.41, 5.74) is 1.12. The lowest BCUT2D eigenvalue weighted by Crippen LogP contribution is -2.50. The highest BCUT2D eigenvalue weighted by atomic mass is 16.5. The highest BCUT2D eigenvalue weighted by molar-refractivity contribution is 5.78. The van der Waals surface area contributed by atoms with Gasteiger partial charge in [-0.15, -0.1) is 0 Å². The largest absolute Gasteiger partial charge is 0.489 e. The first-order valence-electron chi connectivity index (χ1n) is 10.6. The van der Waals surface area contributed by atoms with Crippen molar-refractivity contribution >= 4 is 17.9 Å². The van der Waals surface area contributed by atoms with Crippen LogP contribution in [0.3, 0.4) is 0 Å². The van der Waals surface area contributed by atoms with Gasteiger partial charge in [0.25, 0.3) is 0 Å². The van der Waals surface area contributed by atoms with Crippen molar-refractivity contribution in [1.82, 2.24) is 25.5 Å². The van der Waals surface area contributed by atoms with Gasteiger partial charge in [-0.3, -0.25) is 4.79 Å². The molecule has 1 atom stereocenters. The van der Waals surface area contributed by atoms with Crippen LogP contribution in [0.2, 0.25) is 0 Å². The van der Waals surface area contributed by atoms with Crippen LogP contribution < -0.4 is 20.3 Å². The number of urea groups is 1. The Kier molecular flexibility index (Phi) is 8.03. The summed E-state index contributed by atoms with van der Waals surface area (Å²) in [5.74, 6) is 1.50. The fourth-order valence-electron chi connectivity index (χ4n) is 3.31. The molecule has 1 aliphatic rings. The summed E-state index contributed by atoms with van der Waals surface area (Å²) in [6.45, 7) is 7.20. The lowest BCUT2D eigenvalue weighted by atomic mass is 10.2. The monoisotopic (exact) mass is 426 g/mol. The molecule has 2 N–H and O–H groups in total. The maximum atomic E-state index is 12.4. The van der Waals surface area contributed by atoms with Crippen molar-refractivity contribution in [3.05, 3.63) is 48.3 Å². The third-order valence-electron chi connectivity index (χ3n) is 4.97. The Hall–Kier alpha value is -3.36. The molecule has 1 aromatic heterocycles. The van der Waals surface area contributed by atoms with Crippen LogP contribution >= 0.6 is 0 Å². The van der Waals surface area contributed by atoms with Gasteiger partial charge in [-0.25, -0.2) is 14.8 Å². The molecule has 2 aromatic rings. The van der Waals surface area contributed by atoms with Gasteiger partial charge in [0, 0.05) is 51.5 Å². The number of carbonyl (C=O) groups is 2. The van der Waals surface area contributed by atoms with Gasteiger partial charge >= 0.3 is 6.03 Å². The Labute approximate surface area is 182 Å². The summed E-state index contributed by atoms with van der Waals surface area (Å²) < 4.78 is 5.79. The number of amides is 3. The van der Waals surface area contributed by atoms with Crippen molar-refractivity contribution in [3.63, 3.8) is 0 Å². The number of aromatic nitrogens is 2. The standard InChI is InChI=1S/C22H30N6O3/c1-17-5-3-6-19(15-17)31-18(2)16-26-22(30)25-10-7-20(29)27-11-13-28(14-12-27)21-23-8-4-9-24-21/h3-6,8-9,15,18H,7,10-14,16H2,1-2H3,(H2,25,26,30). The number of nitrogens with one attached hydrogen (secondary N) is 2. The molecule has 0 spiro atoms. The molecule has 0 aliphatic carbocycles. The topological polar surface area (TPSA) is 99.7 Å². The first kappa shape index (κ1) is 22.3. The van der Waals surface area contributed by atoms with Gasteiger partial charge < -0.3 is 25.2 Å². The number of piperazine rings is 1. The van der Waals surface area contributed by atoms with E-state index in [0.29, 0.717) is 45.2 Å². The van der Waals surface area contributed by atoms with Crippen LogP contribution in [0.25, 0.3) is 0 Å². The number of anilines is 1. The number of rotatable bonds is 8. The second kappa shape index (κ2) is 11.1. The molecule has 0 radical (unpaired) electrons. The van der Waals surface area contributed by atoms with Crippen molar-refractivity contribution < 1.29 is 14.3 Å². The molecule has 9 nitrogen and oxygen atoms in total. The van der Waals surface area contributed by atoms with Gasteiger partial charge in [-0.05, 0) is 37.6 Å². The number of benzene rings is 1. The molecule has 166 valence electrons. The highest BCUT2D eigenvalue weighted by Gasteiger charge is 2.22. The van der Waals surface area contributed by atoms with E-state index in [4.69, 9.17) is 4.74 Å². The van der Waals surface area contributed by atoms with E-state index in [-0.39, 0.29) is 24.5 Å². The van der Waals surface area contributed by atoms with Crippen LogP contribution in [0.5, 0.6) is 5.75 Å². The number of carbonyl (C=O) groups excluding carboxylic acids is 2. The smallest absolute Gasteiger partial charge is 0.314 e. The second-order valence-corrected chi connectivity index (χ2v) is 7.55. The lowest BCUT2D eigenvalue weighted by molar-refractivity contribution is -0.131. The predicted molar refractivity (Wildman–Crippen MR) is 118 cm³/mol. The van der Waals surface area contributed by atoms with Crippen molar-refractivity contribution in [2.45, 2.75) is 26.4 Å². The fraction of sp³-hybridized carbons (Fsp3) is 0.455. The van der Waals surface area contributed by atoms with Gasteiger partial charge in [-0.2, -0.15) is 0 Å². The van der Waals surface area contributed by atoms with E-state index >= 15 is 0 Å². The molecule has 3 rings (SSSR count). The molecule has 31 heavy (non-hydrogen) atoms. The Bertz CT molecular complexity index is 855. The average molecular weight is 427 g/mol. The van der Waals surface area contributed by atoms with E-state index in [1.165, 1.54) is 0 Å². The lowest BCUT2D eigenvalue weighted by Gasteiger charge is -2.34. The minimum absolute atomic E-state index is 0.0325. The molecule has 2 heterocycles. The van der Waals surface area contributed by atoms with Crippen LogP contribution in [0, 0.1) is 6.92 Å². The van der Waals surface area contributed by atoms with Crippen molar-refractivity contribution in [3.8, 4) is 5.75 Å². The summed E-state index contributed by atoms with van der Waals surface area (Å²) >= 11 is 0. The second-order valence-electron chi connectivity index (χ2n) is 7.55. The third kappa shape index (κ3) is 7.13. The zero-order valence-electron chi connectivity index (χ0n) is 18.1. The van der Waals surface area contributed by atoms with Gasteiger partial charge in [0.1, 0.15) is 11.9 Å². The summed E-state index contributed by atoms with van der Waals surface area (Å²) in [5, 5.41) is 5.51. The van der Waals surface area contributed by atoms with E-state index in [2.05, 4.69) is 25.5 Å².